The second kappa shape index (κ2) is 4.38. The Morgan fingerprint density at radius 1 is 1.89 bits per heavy atom. The topological polar surface area (TPSA) is 38.7 Å². The summed E-state index contributed by atoms with van der Waals surface area (Å²) in [6, 6.07) is -0.500. The molecule has 0 aliphatic heterocycles. The molecule has 0 aliphatic carbocycles. The Kier molecular flexibility index (Phi) is 4.13. The number of thiocarbonyl (C=S) groups is 1. The minimum Gasteiger partial charge on any atom is -0.485 e. The van der Waals surface area contributed by atoms with Gasteiger partial charge in [-0.25, -0.2) is 0 Å². The molecule has 0 aromatic carbocycles. The summed E-state index contributed by atoms with van der Waals surface area (Å²) in [5.41, 5.74) is 0. The van der Waals surface area contributed by atoms with Crippen molar-refractivity contribution in [2.75, 3.05) is 6.61 Å². The van der Waals surface area contributed by atoms with Gasteiger partial charge in [-0.15, -0.1) is 0 Å². The number of hydrogen-bond acceptors (Lipinski definition) is 4. The lowest BCUT2D eigenvalue weighted by atomic mass is 10.4. The normalized spacial score (nSPS) is 12.2. The van der Waals surface area contributed by atoms with Crippen LogP contribution in [0, 0.1) is 4.91 Å². The average Bonchev–Trinajstić information content (AvgIpc) is 1.87. The van der Waals surface area contributed by atoms with Crippen molar-refractivity contribution in [2.45, 2.75) is 19.9 Å². The van der Waals surface area contributed by atoms with Crippen LogP contribution in [0.2, 0.25) is 0 Å². The first-order valence-electron chi connectivity index (χ1n) is 2.71. The number of ether oxygens (including phenoxy) is 1. The summed E-state index contributed by atoms with van der Waals surface area (Å²) in [6.45, 7) is 3.91. The molecule has 0 aromatic rings. The molecular formula is C5H9NO2S. The molecule has 0 amide bonds. The molecule has 9 heavy (non-hydrogen) atoms. The van der Waals surface area contributed by atoms with Crippen molar-refractivity contribution in [2.24, 2.45) is 5.18 Å². The lowest BCUT2D eigenvalue weighted by molar-refractivity contribution is 0.323. The van der Waals surface area contributed by atoms with Crippen molar-refractivity contribution < 1.29 is 4.74 Å². The molecule has 0 aliphatic rings. The Bertz CT molecular complexity index is 116. The van der Waals surface area contributed by atoms with Gasteiger partial charge in [0, 0.05) is 0 Å². The SMILES string of the molecule is CCOC(=S)C(C)N=O. The van der Waals surface area contributed by atoms with E-state index in [1.807, 2.05) is 6.92 Å². The summed E-state index contributed by atoms with van der Waals surface area (Å²) < 4.78 is 4.83. The molecular weight excluding hydrogens is 138 g/mol. The molecule has 0 aromatic heterocycles. The Balaban J connectivity index is 3.58. The fraction of sp³-hybridized carbons (Fsp3) is 0.800. The maximum absolute atomic E-state index is 9.80. The largest absolute Gasteiger partial charge is 0.485 e. The highest BCUT2D eigenvalue weighted by Crippen LogP contribution is 1.94. The van der Waals surface area contributed by atoms with E-state index in [1.54, 1.807) is 6.92 Å². The van der Waals surface area contributed by atoms with Crippen LogP contribution in [0.15, 0.2) is 5.18 Å². The second-order valence-electron chi connectivity index (χ2n) is 1.53. The standard InChI is InChI=1S/C5H9NO2S/c1-3-8-5(9)4(2)6-7/h4H,3H2,1-2H3. The molecule has 0 spiro atoms. The quantitative estimate of drug-likeness (QED) is 0.448. The number of nitroso groups, excluding NO2 is 1. The van der Waals surface area contributed by atoms with Gasteiger partial charge < -0.3 is 4.74 Å². The summed E-state index contributed by atoms with van der Waals surface area (Å²) in [6.07, 6.45) is 0. The van der Waals surface area contributed by atoms with Crippen molar-refractivity contribution in [1.29, 1.82) is 0 Å². The van der Waals surface area contributed by atoms with Gasteiger partial charge in [-0.2, -0.15) is 4.91 Å². The van der Waals surface area contributed by atoms with E-state index in [9.17, 15) is 4.91 Å². The van der Waals surface area contributed by atoms with E-state index in [0.29, 0.717) is 6.61 Å². The van der Waals surface area contributed by atoms with E-state index in [-0.39, 0.29) is 5.05 Å². The van der Waals surface area contributed by atoms with Crippen LogP contribution in [0.1, 0.15) is 13.8 Å². The molecule has 0 saturated heterocycles. The molecule has 0 N–H and O–H groups in total. The van der Waals surface area contributed by atoms with Crippen LogP contribution >= 0.6 is 12.2 Å². The molecule has 1 unspecified atom stereocenters. The molecule has 0 rings (SSSR count). The lowest BCUT2D eigenvalue weighted by Crippen LogP contribution is -2.14. The fourth-order valence-electron chi connectivity index (χ4n) is 0.306. The molecule has 4 heteroatoms. The molecule has 0 fully saturated rings. The number of nitrogens with zero attached hydrogens (tertiary/aromatic N) is 1. The van der Waals surface area contributed by atoms with Crippen LogP contribution in [0.3, 0.4) is 0 Å². The summed E-state index contributed by atoms with van der Waals surface area (Å²) in [4.78, 5) is 9.80. The lowest BCUT2D eigenvalue weighted by Gasteiger charge is -2.03. The third-order valence-corrected chi connectivity index (χ3v) is 1.24. The second-order valence-corrected chi connectivity index (χ2v) is 1.94. The van der Waals surface area contributed by atoms with Gasteiger partial charge in [-0.05, 0) is 26.1 Å². The number of hydrogen-bond donors (Lipinski definition) is 0. The highest BCUT2D eigenvalue weighted by Gasteiger charge is 2.07. The highest BCUT2D eigenvalue weighted by atomic mass is 32.1. The first kappa shape index (κ1) is 8.49. The summed E-state index contributed by atoms with van der Waals surface area (Å²) in [5, 5.41) is 2.96. The van der Waals surface area contributed by atoms with Crippen LogP contribution in [0.5, 0.6) is 0 Å². The van der Waals surface area contributed by atoms with Crippen molar-refractivity contribution >= 4 is 17.3 Å². The van der Waals surface area contributed by atoms with Crippen molar-refractivity contribution in [3.05, 3.63) is 4.91 Å². The van der Waals surface area contributed by atoms with Crippen molar-refractivity contribution in [3.63, 3.8) is 0 Å². The van der Waals surface area contributed by atoms with Gasteiger partial charge in [0.1, 0.15) is 0 Å². The minimum atomic E-state index is -0.500. The summed E-state index contributed by atoms with van der Waals surface area (Å²) in [5.74, 6) is 0. The van der Waals surface area contributed by atoms with Crippen LogP contribution in [-0.2, 0) is 4.74 Å². The van der Waals surface area contributed by atoms with Crippen LogP contribution < -0.4 is 0 Å². The molecule has 0 radical (unpaired) electrons. The van der Waals surface area contributed by atoms with E-state index in [4.69, 9.17) is 4.74 Å². The van der Waals surface area contributed by atoms with Gasteiger partial charge in [0.15, 0.2) is 11.1 Å². The molecule has 0 bridgehead atoms. The van der Waals surface area contributed by atoms with E-state index in [1.165, 1.54) is 0 Å². The predicted octanol–water partition coefficient (Wildman–Crippen LogP) is 1.51. The zero-order chi connectivity index (χ0) is 7.28. The Hall–Kier alpha value is -0.510. The van der Waals surface area contributed by atoms with Crippen LogP contribution in [0.4, 0.5) is 0 Å². The minimum absolute atomic E-state index is 0.271. The Morgan fingerprint density at radius 2 is 2.44 bits per heavy atom. The van der Waals surface area contributed by atoms with Crippen molar-refractivity contribution in [3.8, 4) is 0 Å². The third-order valence-electron chi connectivity index (χ3n) is 0.786. The Labute approximate surface area is 59.4 Å². The molecule has 3 nitrogen and oxygen atoms in total. The third kappa shape index (κ3) is 3.13. The zero-order valence-electron chi connectivity index (χ0n) is 5.46. The van der Waals surface area contributed by atoms with Gasteiger partial charge in [0.05, 0.1) is 6.61 Å². The summed E-state index contributed by atoms with van der Waals surface area (Å²) in [7, 11) is 0. The fourth-order valence-corrected chi connectivity index (χ4v) is 0.467. The van der Waals surface area contributed by atoms with E-state index in [2.05, 4.69) is 17.4 Å². The maximum Gasteiger partial charge on any atom is 0.187 e. The van der Waals surface area contributed by atoms with Gasteiger partial charge in [0.2, 0.25) is 0 Å². The Morgan fingerprint density at radius 3 is 2.78 bits per heavy atom. The van der Waals surface area contributed by atoms with Gasteiger partial charge in [-0.1, -0.05) is 5.18 Å². The van der Waals surface area contributed by atoms with E-state index < -0.39 is 6.04 Å². The molecule has 0 saturated carbocycles. The first-order chi connectivity index (χ1) is 4.22. The number of rotatable bonds is 3. The van der Waals surface area contributed by atoms with Gasteiger partial charge in [0.25, 0.3) is 0 Å². The van der Waals surface area contributed by atoms with E-state index in [0.717, 1.165) is 0 Å². The molecule has 52 valence electrons. The first-order valence-corrected chi connectivity index (χ1v) is 3.12. The maximum atomic E-state index is 9.80. The van der Waals surface area contributed by atoms with Crippen LogP contribution in [0.25, 0.3) is 0 Å². The summed E-state index contributed by atoms with van der Waals surface area (Å²) >= 11 is 4.66. The predicted molar refractivity (Wildman–Crippen MR) is 39.5 cm³/mol. The van der Waals surface area contributed by atoms with Crippen molar-refractivity contribution in [1.82, 2.24) is 0 Å². The molecule has 0 heterocycles. The molecule has 1 atom stereocenters. The monoisotopic (exact) mass is 147 g/mol. The zero-order valence-corrected chi connectivity index (χ0v) is 6.27. The van der Waals surface area contributed by atoms with E-state index >= 15 is 0 Å². The average molecular weight is 147 g/mol. The van der Waals surface area contributed by atoms with Crippen LogP contribution in [-0.4, -0.2) is 17.7 Å². The smallest absolute Gasteiger partial charge is 0.187 e. The highest BCUT2D eigenvalue weighted by molar-refractivity contribution is 7.80. The van der Waals surface area contributed by atoms with Gasteiger partial charge >= 0.3 is 0 Å². The van der Waals surface area contributed by atoms with Gasteiger partial charge in [-0.3, -0.25) is 0 Å².